The first kappa shape index (κ1) is 11.4. The lowest BCUT2D eigenvalue weighted by molar-refractivity contribution is -0.163. The van der Waals surface area contributed by atoms with Crippen molar-refractivity contribution in [3.63, 3.8) is 0 Å². The molecule has 2 nitrogen and oxygen atoms in total. The highest BCUT2D eigenvalue weighted by atomic mass is 19.4. The quantitative estimate of drug-likeness (QED) is 0.508. The highest BCUT2D eigenvalue weighted by Gasteiger charge is 2.39. The van der Waals surface area contributed by atoms with Gasteiger partial charge in [0, 0.05) is 6.54 Å². The molecular weight excluding hydrogens is 169 g/mol. The Labute approximate surface area is 69.8 Å². The fourth-order valence-electron chi connectivity index (χ4n) is 0.773. The van der Waals surface area contributed by atoms with Crippen LogP contribution in [0.2, 0.25) is 0 Å². The van der Waals surface area contributed by atoms with E-state index in [2.05, 4.69) is 17.4 Å². The second kappa shape index (κ2) is 4.47. The first-order chi connectivity index (χ1) is 5.39. The topological polar surface area (TPSA) is 24.1 Å². The summed E-state index contributed by atoms with van der Waals surface area (Å²) >= 11 is 0. The maximum absolute atomic E-state index is 12.2. The normalized spacial score (nSPS) is 14.4. The lowest BCUT2D eigenvalue weighted by Crippen LogP contribution is -2.39. The summed E-state index contributed by atoms with van der Waals surface area (Å²) in [4.78, 5) is 0. The van der Waals surface area contributed by atoms with Gasteiger partial charge in [-0.3, -0.25) is 10.9 Å². The maximum atomic E-state index is 12.2. The molecule has 0 aliphatic rings. The molecule has 5 heteroatoms. The minimum Gasteiger partial charge on any atom is -0.261 e. The van der Waals surface area contributed by atoms with E-state index in [0.29, 0.717) is 0 Å². The molecule has 0 saturated carbocycles. The summed E-state index contributed by atoms with van der Waals surface area (Å²) < 4.78 is 36.5. The molecule has 0 aliphatic heterocycles. The molecule has 0 aromatic heterocycles. The zero-order valence-electron chi connectivity index (χ0n) is 7.13. The molecule has 0 bridgehead atoms. The third-order valence-corrected chi connectivity index (χ3v) is 1.47. The lowest BCUT2D eigenvalue weighted by Gasteiger charge is -2.20. The van der Waals surface area contributed by atoms with Crippen LogP contribution in [0, 0.1) is 5.92 Å². The van der Waals surface area contributed by atoms with Gasteiger partial charge in [0.2, 0.25) is 0 Å². The molecule has 0 amide bonds. The Bertz CT molecular complexity index is 153. The van der Waals surface area contributed by atoms with Crippen molar-refractivity contribution < 1.29 is 13.2 Å². The van der Waals surface area contributed by atoms with Gasteiger partial charge in [-0.25, -0.2) is 0 Å². The largest absolute Gasteiger partial charge is 0.396 e. The molecule has 72 valence electrons. The van der Waals surface area contributed by atoms with Crippen molar-refractivity contribution in [2.45, 2.75) is 13.1 Å². The Hall–Kier alpha value is -0.550. The molecule has 1 atom stereocenters. The van der Waals surface area contributed by atoms with E-state index in [1.165, 1.54) is 14.0 Å². The van der Waals surface area contributed by atoms with Crippen molar-refractivity contribution in [1.29, 1.82) is 0 Å². The van der Waals surface area contributed by atoms with Crippen molar-refractivity contribution >= 4 is 0 Å². The Morgan fingerprint density at radius 3 is 2.25 bits per heavy atom. The molecule has 0 heterocycles. The Kier molecular flexibility index (Phi) is 4.26. The number of hydrogen-bond donors (Lipinski definition) is 2. The van der Waals surface area contributed by atoms with E-state index in [1.807, 2.05) is 0 Å². The fourth-order valence-corrected chi connectivity index (χ4v) is 0.773. The number of hydrazine groups is 1. The third-order valence-electron chi connectivity index (χ3n) is 1.47. The molecule has 0 aromatic rings. The summed E-state index contributed by atoms with van der Waals surface area (Å²) in [6, 6.07) is 0. The van der Waals surface area contributed by atoms with Gasteiger partial charge in [-0.2, -0.15) is 13.2 Å². The van der Waals surface area contributed by atoms with Crippen LogP contribution >= 0.6 is 0 Å². The van der Waals surface area contributed by atoms with E-state index in [4.69, 9.17) is 0 Å². The van der Waals surface area contributed by atoms with E-state index in [-0.39, 0.29) is 12.1 Å². The monoisotopic (exact) mass is 182 g/mol. The summed E-state index contributed by atoms with van der Waals surface area (Å²) in [5, 5.41) is 0. The van der Waals surface area contributed by atoms with Gasteiger partial charge in [0.1, 0.15) is 0 Å². The molecule has 0 fully saturated rings. The molecule has 0 rings (SSSR count). The van der Waals surface area contributed by atoms with Crippen LogP contribution in [-0.4, -0.2) is 19.8 Å². The fraction of sp³-hybridized carbons (Fsp3) is 0.714. The predicted molar refractivity (Wildman–Crippen MR) is 41.4 cm³/mol. The molecule has 0 spiro atoms. The highest BCUT2D eigenvalue weighted by Crippen LogP contribution is 2.30. The summed E-state index contributed by atoms with van der Waals surface area (Å²) in [5.74, 6) is -1.48. The Morgan fingerprint density at radius 1 is 1.50 bits per heavy atom. The summed E-state index contributed by atoms with van der Waals surface area (Å²) in [5.41, 5.74) is 4.96. The van der Waals surface area contributed by atoms with Crippen LogP contribution in [0.1, 0.15) is 6.92 Å². The minimum absolute atomic E-state index is 0.116. The highest BCUT2D eigenvalue weighted by molar-refractivity contribution is 5.00. The minimum atomic E-state index is -4.21. The second-order valence-corrected chi connectivity index (χ2v) is 2.57. The summed E-state index contributed by atoms with van der Waals surface area (Å²) in [6.07, 6.45) is -4.21. The molecule has 0 saturated heterocycles. The first-order valence-electron chi connectivity index (χ1n) is 3.51. The van der Waals surface area contributed by atoms with Gasteiger partial charge in [0.15, 0.2) is 0 Å². The van der Waals surface area contributed by atoms with Crippen molar-refractivity contribution in [3.05, 3.63) is 12.2 Å². The standard InChI is InChI=1S/C7H13F3N2/c1-5(2)6(4-12-11-3)7(8,9)10/h6,11-12H,1,4H2,2-3H3. The van der Waals surface area contributed by atoms with Gasteiger partial charge in [-0.15, -0.1) is 0 Å². The molecule has 0 aromatic carbocycles. The van der Waals surface area contributed by atoms with E-state index in [0.717, 1.165) is 0 Å². The summed E-state index contributed by atoms with van der Waals surface area (Å²) in [6.45, 7) is 4.47. The van der Waals surface area contributed by atoms with Gasteiger partial charge >= 0.3 is 6.18 Å². The Morgan fingerprint density at radius 2 is 2.00 bits per heavy atom. The van der Waals surface area contributed by atoms with Crippen molar-refractivity contribution in [1.82, 2.24) is 10.9 Å². The van der Waals surface area contributed by atoms with Crippen LogP contribution in [0.4, 0.5) is 13.2 Å². The first-order valence-corrected chi connectivity index (χ1v) is 3.51. The lowest BCUT2D eigenvalue weighted by atomic mass is 10.0. The number of hydrogen-bond acceptors (Lipinski definition) is 2. The number of rotatable bonds is 4. The van der Waals surface area contributed by atoms with Crippen LogP contribution in [0.5, 0.6) is 0 Å². The SMILES string of the molecule is C=C(C)C(CNNC)C(F)(F)F. The number of halogens is 3. The van der Waals surface area contributed by atoms with Gasteiger partial charge in [0.05, 0.1) is 5.92 Å². The zero-order valence-corrected chi connectivity index (χ0v) is 7.13. The molecule has 0 aliphatic carbocycles. The van der Waals surface area contributed by atoms with Crippen molar-refractivity contribution in [2.24, 2.45) is 5.92 Å². The average Bonchev–Trinajstić information content (AvgIpc) is 1.84. The zero-order chi connectivity index (χ0) is 9.78. The number of alkyl halides is 3. The molecular formula is C7H13F3N2. The average molecular weight is 182 g/mol. The van der Waals surface area contributed by atoms with Crippen LogP contribution in [0.15, 0.2) is 12.2 Å². The van der Waals surface area contributed by atoms with E-state index >= 15 is 0 Å². The van der Waals surface area contributed by atoms with E-state index < -0.39 is 12.1 Å². The third kappa shape index (κ3) is 3.73. The van der Waals surface area contributed by atoms with Crippen molar-refractivity contribution in [2.75, 3.05) is 13.6 Å². The van der Waals surface area contributed by atoms with Gasteiger partial charge in [0.25, 0.3) is 0 Å². The van der Waals surface area contributed by atoms with Gasteiger partial charge in [-0.1, -0.05) is 12.2 Å². The molecule has 2 N–H and O–H groups in total. The second-order valence-electron chi connectivity index (χ2n) is 2.57. The predicted octanol–water partition coefficient (Wildman–Crippen LogP) is 1.46. The van der Waals surface area contributed by atoms with Crippen LogP contribution in [0.25, 0.3) is 0 Å². The van der Waals surface area contributed by atoms with E-state index in [9.17, 15) is 13.2 Å². The maximum Gasteiger partial charge on any atom is 0.396 e. The van der Waals surface area contributed by atoms with E-state index in [1.54, 1.807) is 0 Å². The smallest absolute Gasteiger partial charge is 0.261 e. The van der Waals surface area contributed by atoms with Crippen LogP contribution < -0.4 is 10.9 Å². The van der Waals surface area contributed by atoms with Gasteiger partial charge < -0.3 is 0 Å². The Balaban J connectivity index is 4.15. The van der Waals surface area contributed by atoms with Crippen molar-refractivity contribution in [3.8, 4) is 0 Å². The number of nitrogens with one attached hydrogen (secondary N) is 2. The van der Waals surface area contributed by atoms with Crippen LogP contribution in [-0.2, 0) is 0 Å². The van der Waals surface area contributed by atoms with Gasteiger partial charge in [-0.05, 0) is 14.0 Å². The molecule has 0 radical (unpaired) electrons. The molecule has 1 unspecified atom stereocenters. The summed E-state index contributed by atoms with van der Waals surface area (Å²) in [7, 11) is 1.52. The van der Waals surface area contributed by atoms with Crippen LogP contribution in [0.3, 0.4) is 0 Å². The molecule has 12 heavy (non-hydrogen) atoms.